The van der Waals surface area contributed by atoms with Crippen LogP contribution in [0.2, 0.25) is 0 Å². The van der Waals surface area contributed by atoms with E-state index in [9.17, 15) is 9.59 Å². The summed E-state index contributed by atoms with van der Waals surface area (Å²) in [5.74, 6) is 0.513. The van der Waals surface area contributed by atoms with Gasteiger partial charge < -0.3 is 15.5 Å². The lowest BCUT2D eigenvalue weighted by molar-refractivity contribution is -0.121. The zero-order chi connectivity index (χ0) is 14.4. The first-order chi connectivity index (χ1) is 9.70. The summed E-state index contributed by atoms with van der Waals surface area (Å²) in [7, 11) is 0. The van der Waals surface area contributed by atoms with Crippen LogP contribution in [0.15, 0.2) is 18.3 Å². The summed E-state index contributed by atoms with van der Waals surface area (Å²) in [4.78, 5) is 29.6. The maximum atomic E-state index is 12.3. The lowest BCUT2D eigenvalue weighted by Crippen LogP contribution is -2.37. The Bertz CT molecular complexity index is 473. The SMILES string of the molecule is CCCNc1ccc(C(=O)N2CCCNC(=O)C2)cn1. The highest BCUT2D eigenvalue weighted by atomic mass is 16.2. The summed E-state index contributed by atoms with van der Waals surface area (Å²) in [6, 6.07) is 3.54. The van der Waals surface area contributed by atoms with Gasteiger partial charge >= 0.3 is 0 Å². The number of rotatable bonds is 4. The van der Waals surface area contributed by atoms with Gasteiger partial charge in [-0.25, -0.2) is 4.98 Å². The van der Waals surface area contributed by atoms with E-state index in [0.717, 1.165) is 25.2 Å². The van der Waals surface area contributed by atoms with Crippen LogP contribution in [0.3, 0.4) is 0 Å². The van der Waals surface area contributed by atoms with Gasteiger partial charge in [0.2, 0.25) is 5.91 Å². The van der Waals surface area contributed by atoms with Gasteiger partial charge in [-0.3, -0.25) is 9.59 Å². The van der Waals surface area contributed by atoms with E-state index < -0.39 is 0 Å². The Morgan fingerprint density at radius 2 is 2.35 bits per heavy atom. The molecule has 0 saturated carbocycles. The quantitative estimate of drug-likeness (QED) is 0.855. The molecular weight excluding hydrogens is 256 g/mol. The Balaban J connectivity index is 2.02. The molecular formula is C14H20N4O2. The smallest absolute Gasteiger partial charge is 0.255 e. The van der Waals surface area contributed by atoms with Crippen molar-refractivity contribution in [3.05, 3.63) is 23.9 Å². The molecule has 0 unspecified atom stereocenters. The summed E-state index contributed by atoms with van der Waals surface area (Å²) in [6.07, 6.45) is 3.36. The van der Waals surface area contributed by atoms with Gasteiger partial charge in [-0.05, 0) is 25.0 Å². The summed E-state index contributed by atoms with van der Waals surface area (Å²) in [6.45, 7) is 4.27. The van der Waals surface area contributed by atoms with Crippen LogP contribution in [0, 0.1) is 0 Å². The van der Waals surface area contributed by atoms with Crippen molar-refractivity contribution in [3.63, 3.8) is 0 Å². The Labute approximate surface area is 118 Å². The Morgan fingerprint density at radius 3 is 3.05 bits per heavy atom. The van der Waals surface area contributed by atoms with E-state index in [2.05, 4.69) is 22.5 Å². The van der Waals surface area contributed by atoms with Crippen molar-refractivity contribution in [2.75, 3.05) is 31.5 Å². The number of carbonyl (C=O) groups excluding carboxylic acids is 2. The standard InChI is InChI=1S/C14H20N4O2/c1-2-6-15-12-5-4-11(9-17-12)14(20)18-8-3-7-16-13(19)10-18/h4-5,9H,2-3,6-8,10H2,1H3,(H,15,17)(H,16,19). The minimum atomic E-state index is -0.142. The Hall–Kier alpha value is -2.11. The minimum absolute atomic E-state index is 0.106. The number of hydrogen-bond acceptors (Lipinski definition) is 4. The Morgan fingerprint density at radius 1 is 1.50 bits per heavy atom. The second-order valence-corrected chi connectivity index (χ2v) is 4.79. The maximum absolute atomic E-state index is 12.3. The van der Waals surface area contributed by atoms with Gasteiger partial charge in [0.25, 0.3) is 5.91 Å². The van der Waals surface area contributed by atoms with E-state index in [4.69, 9.17) is 0 Å². The number of pyridine rings is 1. The van der Waals surface area contributed by atoms with Crippen LogP contribution in [-0.2, 0) is 4.79 Å². The van der Waals surface area contributed by atoms with Crippen molar-refractivity contribution in [1.29, 1.82) is 0 Å². The highest BCUT2D eigenvalue weighted by Crippen LogP contribution is 2.09. The fourth-order valence-corrected chi connectivity index (χ4v) is 2.04. The first-order valence-corrected chi connectivity index (χ1v) is 6.96. The first kappa shape index (κ1) is 14.3. The van der Waals surface area contributed by atoms with Gasteiger partial charge in [-0.2, -0.15) is 0 Å². The molecule has 1 aromatic rings. The molecule has 0 bridgehead atoms. The molecule has 20 heavy (non-hydrogen) atoms. The number of hydrogen-bond donors (Lipinski definition) is 2. The highest BCUT2D eigenvalue weighted by molar-refractivity contribution is 5.96. The zero-order valence-electron chi connectivity index (χ0n) is 11.7. The first-order valence-electron chi connectivity index (χ1n) is 6.96. The molecule has 0 atom stereocenters. The van der Waals surface area contributed by atoms with E-state index in [-0.39, 0.29) is 18.4 Å². The molecule has 0 spiro atoms. The largest absolute Gasteiger partial charge is 0.370 e. The lowest BCUT2D eigenvalue weighted by Gasteiger charge is -2.18. The van der Waals surface area contributed by atoms with E-state index in [1.165, 1.54) is 0 Å². The molecule has 108 valence electrons. The predicted molar refractivity (Wildman–Crippen MR) is 76.5 cm³/mol. The number of aromatic nitrogens is 1. The van der Waals surface area contributed by atoms with Crippen molar-refractivity contribution in [2.45, 2.75) is 19.8 Å². The molecule has 2 heterocycles. The molecule has 1 aromatic heterocycles. The molecule has 1 aliphatic heterocycles. The number of nitrogens with zero attached hydrogens (tertiary/aromatic N) is 2. The summed E-state index contributed by atoms with van der Waals surface area (Å²) >= 11 is 0. The molecule has 6 nitrogen and oxygen atoms in total. The second-order valence-electron chi connectivity index (χ2n) is 4.79. The fourth-order valence-electron chi connectivity index (χ4n) is 2.04. The number of nitrogens with one attached hydrogen (secondary N) is 2. The molecule has 0 aromatic carbocycles. The van der Waals surface area contributed by atoms with Crippen molar-refractivity contribution >= 4 is 17.6 Å². The predicted octanol–water partition coefficient (Wildman–Crippen LogP) is 0.866. The second kappa shape index (κ2) is 6.88. The summed E-state index contributed by atoms with van der Waals surface area (Å²) in [5.41, 5.74) is 0.516. The third-order valence-electron chi connectivity index (χ3n) is 3.12. The summed E-state index contributed by atoms with van der Waals surface area (Å²) < 4.78 is 0. The van der Waals surface area contributed by atoms with E-state index in [0.29, 0.717) is 18.7 Å². The van der Waals surface area contributed by atoms with Gasteiger partial charge in [0.15, 0.2) is 0 Å². The number of carbonyl (C=O) groups is 2. The molecule has 0 aliphatic carbocycles. The molecule has 1 fully saturated rings. The van der Waals surface area contributed by atoms with Crippen LogP contribution in [0.25, 0.3) is 0 Å². The van der Waals surface area contributed by atoms with Gasteiger partial charge in [0.1, 0.15) is 5.82 Å². The maximum Gasteiger partial charge on any atom is 0.255 e. The summed E-state index contributed by atoms with van der Waals surface area (Å²) in [5, 5.41) is 5.91. The number of amides is 2. The minimum Gasteiger partial charge on any atom is -0.370 e. The van der Waals surface area contributed by atoms with Crippen LogP contribution in [0.1, 0.15) is 30.1 Å². The molecule has 1 saturated heterocycles. The molecule has 0 radical (unpaired) electrons. The average Bonchev–Trinajstić information content (AvgIpc) is 2.69. The van der Waals surface area contributed by atoms with E-state index in [1.807, 2.05) is 0 Å². The highest BCUT2D eigenvalue weighted by Gasteiger charge is 2.21. The van der Waals surface area contributed by atoms with Gasteiger partial charge in [0, 0.05) is 25.8 Å². The monoisotopic (exact) mass is 276 g/mol. The van der Waals surface area contributed by atoms with Crippen molar-refractivity contribution in [1.82, 2.24) is 15.2 Å². The molecule has 2 amide bonds. The fraction of sp³-hybridized carbons (Fsp3) is 0.500. The Kier molecular flexibility index (Phi) is 4.92. The van der Waals surface area contributed by atoms with Crippen LogP contribution in [0.4, 0.5) is 5.82 Å². The van der Waals surface area contributed by atoms with Crippen molar-refractivity contribution < 1.29 is 9.59 Å². The van der Waals surface area contributed by atoms with E-state index >= 15 is 0 Å². The third-order valence-corrected chi connectivity index (χ3v) is 3.12. The van der Waals surface area contributed by atoms with E-state index in [1.54, 1.807) is 23.2 Å². The average molecular weight is 276 g/mol. The topological polar surface area (TPSA) is 74.3 Å². The van der Waals surface area contributed by atoms with Crippen molar-refractivity contribution in [2.24, 2.45) is 0 Å². The molecule has 1 aliphatic rings. The van der Waals surface area contributed by atoms with Crippen LogP contribution in [0.5, 0.6) is 0 Å². The van der Waals surface area contributed by atoms with Crippen molar-refractivity contribution in [3.8, 4) is 0 Å². The molecule has 2 rings (SSSR count). The number of anilines is 1. The van der Waals surface area contributed by atoms with Gasteiger partial charge in [-0.15, -0.1) is 0 Å². The van der Waals surface area contributed by atoms with Gasteiger partial charge in [0.05, 0.1) is 12.1 Å². The normalized spacial score (nSPS) is 15.4. The van der Waals surface area contributed by atoms with Gasteiger partial charge in [-0.1, -0.05) is 6.92 Å². The van der Waals surface area contributed by atoms with Crippen LogP contribution >= 0.6 is 0 Å². The third kappa shape index (κ3) is 3.69. The molecule has 2 N–H and O–H groups in total. The molecule has 6 heteroatoms. The zero-order valence-corrected chi connectivity index (χ0v) is 11.7. The van der Waals surface area contributed by atoms with Crippen LogP contribution in [-0.4, -0.2) is 47.9 Å². The van der Waals surface area contributed by atoms with Crippen LogP contribution < -0.4 is 10.6 Å². The lowest BCUT2D eigenvalue weighted by atomic mass is 10.2.